The SMILES string of the molecule is Nc1cc(F)ccc1NC(=O)Nc1ccccc1F. The van der Waals surface area contributed by atoms with E-state index in [2.05, 4.69) is 10.6 Å². The quantitative estimate of drug-likeness (QED) is 0.728. The van der Waals surface area contributed by atoms with Gasteiger partial charge in [-0.3, -0.25) is 0 Å². The fourth-order valence-corrected chi connectivity index (χ4v) is 1.49. The first kappa shape index (κ1) is 12.8. The van der Waals surface area contributed by atoms with Crippen molar-refractivity contribution in [2.45, 2.75) is 0 Å². The molecule has 0 aliphatic rings. The summed E-state index contributed by atoms with van der Waals surface area (Å²) in [4.78, 5) is 11.6. The summed E-state index contributed by atoms with van der Waals surface area (Å²) in [7, 11) is 0. The maximum atomic E-state index is 13.3. The first-order valence-electron chi connectivity index (χ1n) is 5.44. The van der Waals surface area contributed by atoms with Crippen LogP contribution in [0, 0.1) is 11.6 Å². The Hall–Kier alpha value is -2.63. The lowest BCUT2D eigenvalue weighted by Gasteiger charge is -2.10. The number of anilines is 3. The van der Waals surface area contributed by atoms with E-state index in [0.717, 1.165) is 12.1 Å². The van der Waals surface area contributed by atoms with Crippen LogP contribution in [0.5, 0.6) is 0 Å². The van der Waals surface area contributed by atoms with Gasteiger partial charge < -0.3 is 16.4 Å². The van der Waals surface area contributed by atoms with Crippen LogP contribution in [-0.4, -0.2) is 6.03 Å². The molecule has 19 heavy (non-hydrogen) atoms. The van der Waals surface area contributed by atoms with Gasteiger partial charge in [-0.15, -0.1) is 0 Å². The van der Waals surface area contributed by atoms with E-state index in [-0.39, 0.29) is 17.1 Å². The van der Waals surface area contributed by atoms with Gasteiger partial charge in [0.1, 0.15) is 11.6 Å². The molecule has 0 saturated carbocycles. The molecule has 4 nitrogen and oxygen atoms in total. The third kappa shape index (κ3) is 3.19. The van der Waals surface area contributed by atoms with Crippen LogP contribution in [0.3, 0.4) is 0 Å². The number of nitrogen functional groups attached to an aromatic ring is 1. The van der Waals surface area contributed by atoms with Crippen LogP contribution >= 0.6 is 0 Å². The van der Waals surface area contributed by atoms with Crippen LogP contribution in [0.25, 0.3) is 0 Å². The number of nitrogens with one attached hydrogen (secondary N) is 2. The number of hydrogen-bond acceptors (Lipinski definition) is 2. The Morgan fingerprint density at radius 2 is 1.68 bits per heavy atom. The number of carbonyl (C=O) groups excluding carboxylic acids is 1. The normalized spacial score (nSPS) is 10.0. The van der Waals surface area contributed by atoms with Gasteiger partial charge in [-0.2, -0.15) is 0 Å². The van der Waals surface area contributed by atoms with Crippen LogP contribution in [0.4, 0.5) is 30.6 Å². The first-order chi connectivity index (χ1) is 9.06. The molecule has 0 fully saturated rings. The molecular weight excluding hydrogens is 252 g/mol. The second-order valence-corrected chi connectivity index (χ2v) is 3.79. The van der Waals surface area contributed by atoms with Crippen molar-refractivity contribution in [3.63, 3.8) is 0 Å². The Morgan fingerprint density at radius 3 is 2.37 bits per heavy atom. The highest BCUT2D eigenvalue weighted by molar-refractivity contribution is 6.01. The second-order valence-electron chi connectivity index (χ2n) is 3.79. The zero-order valence-corrected chi connectivity index (χ0v) is 9.78. The molecule has 0 atom stereocenters. The predicted octanol–water partition coefficient (Wildman–Crippen LogP) is 3.19. The third-order valence-corrected chi connectivity index (χ3v) is 2.38. The van der Waals surface area contributed by atoms with Crippen molar-refractivity contribution in [2.24, 2.45) is 0 Å². The van der Waals surface area contributed by atoms with E-state index < -0.39 is 17.7 Å². The smallest absolute Gasteiger partial charge is 0.323 e. The van der Waals surface area contributed by atoms with Gasteiger partial charge in [0.25, 0.3) is 0 Å². The van der Waals surface area contributed by atoms with Gasteiger partial charge in [0, 0.05) is 0 Å². The van der Waals surface area contributed by atoms with E-state index in [1.54, 1.807) is 6.07 Å². The van der Waals surface area contributed by atoms with Crippen molar-refractivity contribution >= 4 is 23.1 Å². The van der Waals surface area contributed by atoms with E-state index in [0.29, 0.717) is 0 Å². The van der Waals surface area contributed by atoms with Gasteiger partial charge in [-0.1, -0.05) is 12.1 Å². The Labute approximate surface area is 108 Å². The number of benzene rings is 2. The number of hydrogen-bond donors (Lipinski definition) is 3. The summed E-state index contributed by atoms with van der Waals surface area (Å²) in [5.41, 5.74) is 5.91. The third-order valence-electron chi connectivity index (χ3n) is 2.38. The molecule has 0 aromatic heterocycles. The largest absolute Gasteiger partial charge is 0.397 e. The molecule has 0 bridgehead atoms. The zero-order valence-electron chi connectivity index (χ0n) is 9.78. The fourth-order valence-electron chi connectivity index (χ4n) is 1.49. The van der Waals surface area contributed by atoms with Crippen molar-refractivity contribution < 1.29 is 13.6 Å². The second kappa shape index (κ2) is 5.34. The number of para-hydroxylation sites is 1. The van der Waals surface area contributed by atoms with Crippen molar-refractivity contribution in [3.05, 3.63) is 54.1 Å². The van der Waals surface area contributed by atoms with Gasteiger partial charge in [-0.05, 0) is 30.3 Å². The number of rotatable bonds is 2. The lowest BCUT2D eigenvalue weighted by Crippen LogP contribution is -2.20. The molecule has 2 rings (SSSR count). The molecule has 98 valence electrons. The Morgan fingerprint density at radius 1 is 1.00 bits per heavy atom. The average molecular weight is 263 g/mol. The first-order valence-corrected chi connectivity index (χ1v) is 5.44. The Bertz CT molecular complexity index is 617. The summed E-state index contributed by atoms with van der Waals surface area (Å²) in [6.45, 7) is 0. The van der Waals surface area contributed by atoms with Crippen molar-refractivity contribution in [3.8, 4) is 0 Å². The van der Waals surface area contributed by atoms with Gasteiger partial charge in [0.05, 0.1) is 17.1 Å². The molecule has 0 saturated heterocycles. The highest BCUT2D eigenvalue weighted by Gasteiger charge is 2.08. The van der Waals surface area contributed by atoms with E-state index in [1.807, 2.05) is 0 Å². The molecule has 2 amide bonds. The van der Waals surface area contributed by atoms with Crippen LogP contribution < -0.4 is 16.4 Å². The van der Waals surface area contributed by atoms with Crippen LogP contribution in [0.2, 0.25) is 0 Å². The number of carbonyl (C=O) groups is 1. The summed E-state index contributed by atoms with van der Waals surface area (Å²) >= 11 is 0. The molecule has 2 aromatic rings. The minimum absolute atomic E-state index is 0.0423. The van der Waals surface area contributed by atoms with Crippen LogP contribution in [-0.2, 0) is 0 Å². The summed E-state index contributed by atoms with van der Waals surface area (Å²) < 4.78 is 26.1. The van der Waals surface area contributed by atoms with E-state index >= 15 is 0 Å². The molecule has 0 radical (unpaired) electrons. The summed E-state index contributed by atoms with van der Waals surface area (Å²) in [5.74, 6) is -1.05. The van der Waals surface area contributed by atoms with Crippen molar-refractivity contribution in [1.29, 1.82) is 0 Å². The van der Waals surface area contributed by atoms with Gasteiger partial charge in [0.15, 0.2) is 0 Å². The summed E-state index contributed by atoms with van der Waals surface area (Å²) in [6.07, 6.45) is 0. The molecule has 0 aliphatic heterocycles. The summed E-state index contributed by atoms with van der Waals surface area (Å²) in [6, 6.07) is 8.65. The minimum Gasteiger partial charge on any atom is -0.397 e. The molecule has 0 aliphatic carbocycles. The van der Waals surface area contributed by atoms with E-state index in [1.165, 1.54) is 24.3 Å². The predicted molar refractivity (Wildman–Crippen MR) is 69.9 cm³/mol. The zero-order chi connectivity index (χ0) is 13.8. The van der Waals surface area contributed by atoms with Gasteiger partial charge in [-0.25, -0.2) is 13.6 Å². The Kier molecular flexibility index (Phi) is 3.61. The lowest BCUT2D eigenvalue weighted by atomic mass is 10.2. The number of nitrogens with two attached hydrogens (primary N) is 1. The van der Waals surface area contributed by atoms with E-state index in [4.69, 9.17) is 5.73 Å². The molecule has 0 heterocycles. The Balaban J connectivity index is 2.08. The minimum atomic E-state index is -0.664. The molecular formula is C13H11F2N3O. The maximum absolute atomic E-state index is 13.3. The highest BCUT2D eigenvalue weighted by atomic mass is 19.1. The molecule has 0 spiro atoms. The highest BCUT2D eigenvalue weighted by Crippen LogP contribution is 2.19. The molecule has 4 N–H and O–H groups in total. The molecule has 0 unspecified atom stereocenters. The van der Waals surface area contributed by atoms with Crippen LogP contribution in [0.15, 0.2) is 42.5 Å². The van der Waals surface area contributed by atoms with Crippen LogP contribution in [0.1, 0.15) is 0 Å². The standard InChI is InChI=1S/C13H11F2N3O/c14-8-5-6-12(10(16)7-8)18-13(19)17-11-4-2-1-3-9(11)15/h1-7H,16H2,(H2,17,18,19). The van der Waals surface area contributed by atoms with Crippen molar-refractivity contribution in [1.82, 2.24) is 0 Å². The van der Waals surface area contributed by atoms with Gasteiger partial charge in [0.2, 0.25) is 0 Å². The molecule has 6 heteroatoms. The van der Waals surface area contributed by atoms with E-state index in [9.17, 15) is 13.6 Å². The topological polar surface area (TPSA) is 67.1 Å². The number of amides is 2. The van der Waals surface area contributed by atoms with Gasteiger partial charge >= 0.3 is 6.03 Å². The average Bonchev–Trinajstić information content (AvgIpc) is 2.36. The maximum Gasteiger partial charge on any atom is 0.323 e. The summed E-state index contributed by atoms with van der Waals surface area (Å²) in [5, 5.41) is 4.73. The number of urea groups is 1. The monoisotopic (exact) mass is 263 g/mol. The lowest BCUT2D eigenvalue weighted by molar-refractivity contribution is 0.262. The number of halogens is 2. The van der Waals surface area contributed by atoms with Crippen molar-refractivity contribution in [2.75, 3.05) is 16.4 Å². The molecule has 2 aromatic carbocycles. The fraction of sp³-hybridized carbons (Fsp3) is 0.